The molecule has 23 heavy (non-hydrogen) atoms. The molecule has 0 spiro atoms. The van der Waals surface area contributed by atoms with Gasteiger partial charge in [-0.15, -0.1) is 0 Å². The Kier molecular flexibility index (Phi) is 7.77. The van der Waals surface area contributed by atoms with Gasteiger partial charge >= 0.3 is 6.09 Å². The van der Waals surface area contributed by atoms with Crippen LogP contribution in [0.15, 0.2) is 4.99 Å². The average molecular weight is 324 g/mol. The number of hydrogen-bond donors (Lipinski definition) is 1. The first-order chi connectivity index (χ1) is 10.8. The number of alkyl carbamates (subject to hydrolysis) is 1. The van der Waals surface area contributed by atoms with E-state index in [0.717, 1.165) is 32.1 Å². The molecule has 2 atom stereocenters. The van der Waals surface area contributed by atoms with Gasteiger partial charge in [0.2, 0.25) is 6.08 Å². The molecule has 132 valence electrons. The van der Waals surface area contributed by atoms with E-state index in [4.69, 9.17) is 4.74 Å². The highest BCUT2D eigenvalue weighted by Gasteiger charge is 2.41. The Hall–Kier alpha value is -1.35. The van der Waals surface area contributed by atoms with Crippen LogP contribution >= 0.6 is 0 Å². The lowest BCUT2D eigenvalue weighted by Crippen LogP contribution is -2.44. The lowest BCUT2D eigenvalue weighted by Gasteiger charge is -2.45. The molecule has 0 radical (unpaired) electrons. The zero-order chi connectivity index (χ0) is 17.3. The van der Waals surface area contributed by atoms with Crippen molar-refractivity contribution in [3.8, 4) is 0 Å². The molecular formula is C18H32N2O3. The van der Waals surface area contributed by atoms with Crippen LogP contribution in [0.3, 0.4) is 0 Å². The summed E-state index contributed by atoms with van der Waals surface area (Å²) in [6, 6.07) is -0.00638. The molecule has 1 fully saturated rings. The average Bonchev–Trinajstić information content (AvgIpc) is 2.43. The molecule has 1 aliphatic rings. The Morgan fingerprint density at radius 1 is 1.26 bits per heavy atom. The number of ether oxygens (including phenoxy) is 1. The highest BCUT2D eigenvalue weighted by molar-refractivity contribution is 5.67. The summed E-state index contributed by atoms with van der Waals surface area (Å²) in [4.78, 5) is 26.3. The molecule has 1 amide bonds. The number of nitrogens with one attached hydrogen (secondary N) is 1. The minimum Gasteiger partial charge on any atom is -0.450 e. The largest absolute Gasteiger partial charge is 0.450 e. The van der Waals surface area contributed by atoms with E-state index in [-0.39, 0.29) is 23.0 Å². The quantitative estimate of drug-likeness (QED) is 0.413. The standard InChI is InChI=1S/C18H32N2O3/c1-5-6-7-8-9-23-16(22)19-13-18(4)11-15(20-14-21)10-17(2,3)12-18/h15H,5-13H2,1-4H3,(H,19,22). The molecule has 0 bridgehead atoms. The summed E-state index contributed by atoms with van der Waals surface area (Å²) in [6.07, 6.45) is 8.38. The van der Waals surface area contributed by atoms with Gasteiger partial charge in [0, 0.05) is 6.54 Å². The summed E-state index contributed by atoms with van der Waals surface area (Å²) in [5, 5.41) is 2.88. The molecule has 0 aliphatic heterocycles. The molecule has 1 saturated carbocycles. The van der Waals surface area contributed by atoms with Crippen molar-refractivity contribution < 1.29 is 14.3 Å². The predicted octanol–water partition coefficient (Wildman–Crippen LogP) is 4.21. The summed E-state index contributed by atoms with van der Waals surface area (Å²) >= 11 is 0. The molecule has 0 heterocycles. The van der Waals surface area contributed by atoms with Crippen LogP contribution in [0, 0.1) is 10.8 Å². The van der Waals surface area contributed by atoms with Crippen molar-refractivity contribution in [1.29, 1.82) is 0 Å². The van der Waals surface area contributed by atoms with Gasteiger partial charge in [0.1, 0.15) is 0 Å². The van der Waals surface area contributed by atoms with E-state index in [1.54, 1.807) is 6.08 Å². The maximum atomic E-state index is 11.8. The van der Waals surface area contributed by atoms with Gasteiger partial charge in [-0.2, -0.15) is 0 Å². The van der Waals surface area contributed by atoms with E-state index < -0.39 is 0 Å². The molecule has 5 heteroatoms. The van der Waals surface area contributed by atoms with Gasteiger partial charge in [-0.3, -0.25) is 0 Å². The lowest BCUT2D eigenvalue weighted by molar-refractivity contribution is 0.0782. The van der Waals surface area contributed by atoms with Gasteiger partial charge < -0.3 is 10.1 Å². The second-order valence-electron chi connectivity index (χ2n) is 7.98. The Bertz CT molecular complexity index is 430. The van der Waals surface area contributed by atoms with Crippen molar-refractivity contribution >= 4 is 12.2 Å². The first-order valence-corrected chi connectivity index (χ1v) is 8.78. The minimum absolute atomic E-state index is 0.00638. The van der Waals surface area contributed by atoms with Crippen LogP contribution in [0.2, 0.25) is 0 Å². The minimum atomic E-state index is -0.346. The first-order valence-electron chi connectivity index (χ1n) is 8.78. The Labute approximate surface area is 140 Å². The normalized spacial score (nSPS) is 26.2. The number of amides is 1. The van der Waals surface area contributed by atoms with Crippen molar-refractivity contribution in [1.82, 2.24) is 5.32 Å². The van der Waals surface area contributed by atoms with E-state index >= 15 is 0 Å². The van der Waals surface area contributed by atoms with Crippen LogP contribution in [-0.2, 0) is 9.53 Å². The van der Waals surface area contributed by atoms with Crippen molar-refractivity contribution in [3.05, 3.63) is 0 Å². The van der Waals surface area contributed by atoms with Gasteiger partial charge in [0.15, 0.2) is 0 Å². The predicted molar refractivity (Wildman–Crippen MR) is 91.1 cm³/mol. The van der Waals surface area contributed by atoms with Crippen LogP contribution in [0.25, 0.3) is 0 Å². The Morgan fingerprint density at radius 2 is 2.00 bits per heavy atom. The fraction of sp³-hybridized carbons (Fsp3) is 0.889. The van der Waals surface area contributed by atoms with E-state index in [1.807, 2.05) is 0 Å². The van der Waals surface area contributed by atoms with Crippen molar-refractivity contribution in [2.75, 3.05) is 13.2 Å². The van der Waals surface area contributed by atoms with Gasteiger partial charge in [-0.05, 0) is 36.5 Å². The molecule has 0 aromatic carbocycles. The van der Waals surface area contributed by atoms with Gasteiger partial charge in [0.25, 0.3) is 0 Å². The van der Waals surface area contributed by atoms with Crippen LogP contribution in [0.5, 0.6) is 0 Å². The number of unbranched alkanes of at least 4 members (excludes halogenated alkanes) is 3. The molecule has 0 aromatic rings. The summed E-state index contributed by atoms with van der Waals surface area (Å²) in [7, 11) is 0. The number of isocyanates is 1. The number of rotatable bonds is 8. The number of carbonyl (C=O) groups excluding carboxylic acids is 2. The van der Waals surface area contributed by atoms with Crippen molar-refractivity contribution in [2.45, 2.75) is 78.7 Å². The number of aliphatic imine (C=N–C) groups is 1. The van der Waals surface area contributed by atoms with E-state index in [2.05, 4.69) is 38.0 Å². The number of hydrogen-bond acceptors (Lipinski definition) is 4. The highest BCUT2D eigenvalue weighted by Crippen LogP contribution is 2.46. The van der Waals surface area contributed by atoms with E-state index in [9.17, 15) is 9.59 Å². The maximum absolute atomic E-state index is 11.8. The second kappa shape index (κ2) is 9.07. The zero-order valence-electron chi connectivity index (χ0n) is 15.1. The van der Waals surface area contributed by atoms with Crippen LogP contribution < -0.4 is 5.32 Å². The third-order valence-corrected chi connectivity index (χ3v) is 4.55. The zero-order valence-corrected chi connectivity index (χ0v) is 15.1. The fourth-order valence-electron chi connectivity index (χ4n) is 3.91. The highest BCUT2D eigenvalue weighted by atomic mass is 16.5. The summed E-state index contributed by atoms with van der Waals surface area (Å²) in [5.41, 5.74) is 0.0255. The molecule has 1 N–H and O–H groups in total. The third kappa shape index (κ3) is 7.65. The first kappa shape index (κ1) is 19.7. The second-order valence-corrected chi connectivity index (χ2v) is 7.98. The summed E-state index contributed by atoms with van der Waals surface area (Å²) in [6.45, 7) is 9.69. The summed E-state index contributed by atoms with van der Waals surface area (Å²) < 4.78 is 5.22. The molecular weight excluding hydrogens is 292 g/mol. The molecule has 1 aliphatic carbocycles. The fourth-order valence-corrected chi connectivity index (χ4v) is 3.91. The van der Waals surface area contributed by atoms with E-state index in [0.29, 0.717) is 13.2 Å². The Morgan fingerprint density at radius 3 is 2.65 bits per heavy atom. The summed E-state index contributed by atoms with van der Waals surface area (Å²) in [5.74, 6) is 0. The number of nitrogens with zero attached hydrogens (tertiary/aromatic N) is 1. The van der Waals surface area contributed by atoms with Gasteiger partial charge in [0.05, 0.1) is 12.6 Å². The molecule has 0 saturated heterocycles. The van der Waals surface area contributed by atoms with Crippen molar-refractivity contribution in [3.63, 3.8) is 0 Å². The van der Waals surface area contributed by atoms with E-state index in [1.165, 1.54) is 12.8 Å². The van der Waals surface area contributed by atoms with Crippen LogP contribution in [0.4, 0.5) is 4.79 Å². The monoisotopic (exact) mass is 324 g/mol. The smallest absolute Gasteiger partial charge is 0.407 e. The van der Waals surface area contributed by atoms with Crippen molar-refractivity contribution in [2.24, 2.45) is 15.8 Å². The molecule has 0 aromatic heterocycles. The molecule has 2 unspecified atom stereocenters. The number of carbonyl (C=O) groups is 1. The lowest BCUT2D eigenvalue weighted by atomic mass is 9.63. The Balaban J connectivity index is 2.41. The van der Waals surface area contributed by atoms with Gasteiger partial charge in [-0.1, -0.05) is 47.0 Å². The SMILES string of the molecule is CCCCCCOC(=O)NCC1(C)CC(N=C=O)CC(C)(C)C1. The van der Waals surface area contributed by atoms with Crippen LogP contribution in [-0.4, -0.2) is 31.4 Å². The topological polar surface area (TPSA) is 67.8 Å². The maximum Gasteiger partial charge on any atom is 0.407 e. The third-order valence-electron chi connectivity index (χ3n) is 4.55. The molecule has 1 rings (SSSR count). The van der Waals surface area contributed by atoms with Gasteiger partial charge in [-0.25, -0.2) is 14.6 Å². The van der Waals surface area contributed by atoms with Crippen LogP contribution in [0.1, 0.15) is 72.6 Å². The molecule has 5 nitrogen and oxygen atoms in total.